The van der Waals surface area contributed by atoms with Gasteiger partial charge in [-0.05, 0) is 75.8 Å². The second-order valence-corrected chi connectivity index (χ2v) is 21.9. The van der Waals surface area contributed by atoms with E-state index in [2.05, 4.69) is 57.8 Å². The molecule has 1 aromatic carbocycles. The zero-order chi connectivity index (χ0) is 63.1. The molecule has 0 unspecified atom stereocenters. The Labute approximate surface area is 490 Å². The van der Waals surface area contributed by atoms with Crippen LogP contribution in [0.5, 0.6) is 0 Å². The van der Waals surface area contributed by atoms with Crippen LogP contribution in [0.25, 0.3) is 10.9 Å². The van der Waals surface area contributed by atoms with Gasteiger partial charge in [0.25, 0.3) is 0 Å². The molecule has 28 heteroatoms. The van der Waals surface area contributed by atoms with Crippen LogP contribution in [-0.2, 0) is 59.2 Å². The number of nitrogens with one attached hydrogen (secondary N) is 10. The van der Waals surface area contributed by atoms with Gasteiger partial charge in [0, 0.05) is 57.1 Å². The predicted molar refractivity (Wildman–Crippen MR) is 312 cm³/mol. The number of benzene rings is 1. The van der Waals surface area contributed by atoms with Crippen molar-refractivity contribution in [2.45, 2.75) is 175 Å². The van der Waals surface area contributed by atoms with Gasteiger partial charge in [0.15, 0.2) is 5.96 Å². The number of rotatable bonds is 33. The zero-order valence-electron chi connectivity index (χ0n) is 50.3. The van der Waals surface area contributed by atoms with E-state index in [1.165, 1.54) is 32.7 Å². The van der Waals surface area contributed by atoms with E-state index in [1.54, 1.807) is 78.9 Å². The first-order valence-corrected chi connectivity index (χ1v) is 28.7. The highest BCUT2D eigenvalue weighted by Crippen LogP contribution is 2.22. The van der Waals surface area contributed by atoms with E-state index in [1.807, 2.05) is 0 Å². The number of carbonyl (C=O) groups is 11. The first-order chi connectivity index (χ1) is 39.6. The van der Waals surface area contributed by atoms with E-state index in [-0.39, 0.29) is 56.7 Å². The van der Waals surface area contributed by atoms with Gasteiger partial charge in [-0.2, -0.15) is 0 Å². The largest absolute Gasteiger partial charge is 0.391 e. The number of aromatic amines is 1. The molecule has 0 saturated carbocycles. The number of fused-ring (bicyclic) bond motifs is 1. The molecule has 468 valence electrons. The van der Waals surface area contributed by atoms with Gasteiger partial charge in [-0.1, -0.05) is 72.6 Å². The summed E-state index contributed by atoms with van der Waals surface area (Å²) in [7, 11) is 1.41. The zero-order valence-corrected chi connectivity index (χ0v) is 50.3. The molecule has 2 aromatic rings. The molecule has 11 amide bonds. The number of para-hydroxylation sites is 1. The van der Waals surface area contributed by atoms with Crippen molar-refractivity contribution in [3.05, 3.63) is 36.0 Å². The van der Waals surface area contributed by atoms with Crippen LogP contribution in [0.15, 0.2) is 35.5 Å². The Hall–Kier alpha value is -7.88. The lowest BCUT2D eigenvalue weighted by atomic mass is 9.95. The summed E-state index contributed by atoms with van der Waals surface area (Å²) in [6.45, 7) is 15.5. The molecule has 28 nitrogen and oxygen atoms in total. The second kappa shape index (κ2) is 34.0. The van der Waals surface area contributed by atoms with Gasteiger partial charge < -0.3 is 84.3 Å². The summed E-state index contributed by atoms with van der Waals surface area (Å²) in [5.41, 5.74) is 12.4. The SMILES string of the molecule is CCNC(=O)[C@@H]1CCCN1C(=O)[C@H](CCCN=C(N)N)NC(=O)[C@H](NC(=O)[C@H](Cc1c[nH]c2ccccc12)NC(=O)[C@@H](NC(=O)[C@@H](NC(=O)[C@H](NC(=O)[C@@H](NC(=O)CNC(=O)CN(C)C(C)=O)C(C)C)[C@H](C)CC)[C@@H](C)O)[C@@H](C)O)[C@@H](C)CC. The van der Waals surface area contributed by atoms with Gasteiger partial charge in [-0.25, -0.2) is 0 Å². The summed E-state index contributed by atoms with van der Waals surface area (Å²) in [5, 5.41) is 46.1. The summed E-state index contributed by atoms with van der Waals surface area (Å²) in [5.74, 6) is -9.95. The van der Waals surface area contributed by atoms with Crippen LogP contribution >= 0.6 is 0 Å². The molecule has 0 spiro atoms. The van der Waals surface area contributed by atoms with E-state index in [0.29, 0.717) is 48.7 Å². The smallest absolute Gasteiger partial charge is 0.245 e. The quantitative estimate of drug-likeness (QED) is 0.0198. The highest BCUT2D eigenvalue weighted by Gasteiger charge is 2.41. The number of hydrogen-bond donors (Lipinski definition) is 14. The molecule has 2 heterocycles. The Morgan fingerprint density at radius 2 is 1.21 bits per heavy atom. The van der Waals surface area contributed by atoms with Gasteiger partial charge >= 0.3 is 0 Å². The standard InChI is InChI=1S/C56H91N15O13/c1-12-30(6)44(51(80)63-38(21-17-23-60-56(57)58)55(84)71-24-18-22-40(71)49(78)59-14-3)66-48(77)39(25-35-26-61-37-20-16-15-19-36(35)37)64-53(82)46(32(8)72)69-54(83)47(33(9)73)68-52(81)45(31(7)13-2)67-50(79)43(29(4)5)65-41(75)27-62-42(76)28-70(11)34(10)74/h15-16,19-20,26,29-33,38-40,43-47,61,72-73H,12-14,17-18,21-25,27-28H2,1-11H3,(H,59,78)(H,62,76)(H,63,80)(H,64,82)(H,65,75)(H,66,77)(H,67,79)(H,68,81)(H,69,83)(H4,57,58,60)/t30-,31+,32+,33+,38-,39-,40-,43-,44+,45+,46-,47-/m0/s1. The Morgan fingerprint density at radius 1 is 0.690 bits per heavy atom. The highest BCUT2D eigenvalue weighted by atomic mass is 16.3. The fourth-order valence-electron chi connectivity index (χ4n) is 9.33. The number of aliphatic imine (C=N–C) groups is 1. The van der Waals surface area contributed by atoms with Gasteiger partial charge in [-0.15, -0.1) is 0 Å². The number of aromatic nitrogens is 1. The lowest BCUT2D eigenvalue weighted by Crippen LogP contribution is -2.64. The number of amides is 11. The van der Waals surface area contributed by atoms with E-state index in [0.717, 1.165) is 4.90 Å². The molecule has 84 heavy (non-hydrogen) atoms. The molecule has 12 atom stereocenters. The predicted octanol–water partition coefficient (Wildman–Crippen LogP) is -2.61. The van der Waals surface area contributed by atoms with Crippen molar-refractivity contribution >= 4 is 81.8 Å². The molecule has 1 aliphatic rings. The molecule has 1 saturated heterocycles. The number of H-pyrrole nitrogens is 1. The number of likely N-dealkylation sites (tertiary alicyclic amines) is 1. The molecule has 0 bridgehead atoms. The average molecular weight is 1180 g/mol. The average Bonchev–Trinajstić information content (AvgIpc) is 3.71. The monoisotopic (exact) mass is 1180 g/mol. The third-order valence-electron chi connectivity index (χ3n) is 14.8. The Morgan fingerprint density at radius 3 is 1.76 bits per heavy atom. The summed E-state index contributed by atoms with van der Waals surface area (Å²) in [4.78, 5) is 160. The van der Waals surface area contributed by atoms with Crippen molar-refractivity contribution in [3.63, 3.8) is 0 Å². The molecule has 0 aliphatic carbocycles. The Bertz CT molecular complexity index is 2640. The highest BCUT2D eigenvalue weighted by molar-refractivity contribution is 5.99. The van der Waals surface area contributed by atoms with E-state index in [9.17, 15) is 63.0 Å². The molecule has 0 radical (unpaired) electrons. The number of likely N-dealkylation sites (N-methyl/N-ethyl adjacent to an activating group) is 2. The Balaban J connectivity index is 1.92. The molecule has 16 N–H and O–H groups in total. The number of carbonyl (C=O) groups excluding carboxylic acids is 11. The summed E-state index contributed by atoms with van der Waals surface area (Å²) in [6, 6.07) is -3.77. The van der Waals surface area contributed by atoms with Crippen LogP contribution < -0.4 is 59.3 Å². The first kappa shape index (κ1) is 70.4. The topological polar surface area (TPSA) is 423 Å². The minimum atomic E-state index is -1.83. The van der Waals surface area contributed by atoms with Crippen molar-refractivity contribution < 1.29 is 63.0 Å². The van der Waals surface area contributed by atoms with E-state index < -0.39 is 138 Å². The van der Waals surface area contributed by atoms with Gasteiger partial charge in [0.05, 0.1) is 25.3 Å². The number of guanidine groups is 1. The number of nitrogens with two attached hydrogens (primary N) is 2. The van der Waals surface area contributed by atoms with Crippen LogP contribution in [0.1, 0.15) is 113 Å². The van der Waals surface area contributed by atoms with Crippen LogP contribution in [-0.4, -0.2) is 196 Å². The summed E-state index contributed by atoms with van der Waals surface area (Å²) < 4.78 is 0. The number of aliphatic hydroxyl groups is 2. The number of aliphatic hydroxyl groups excluding tert-OH is 2. The van der Waals surface area contributed by atoms with Gasteiger partial charge in [-0.3, -0.25) is 57.7 Å². The van der Waals surface area contributed by atoms with Crippen LogP contribution in [0.4, 0.5) is 0 Å². The third-order valence-corrected chi connectivity index (χ3v) is 14.8. The first-order valence-electron chi connectivity index (χ1n) is 28.7. The minimum absolute atomic E-state index is 0.0656. The fourth-order valence-corrected chi connectivity index (χ4v) is 9.33. The van der Waals surface area contributed by atoms with Crippen molar-refractivity contribution in [3.8, 4) is 0 Å². The van der Waals surface area contributed by atoms with Crippen molar-refractivity contribution in [1.82, 2.24) is 62.6 Å². The molecule has 1 aliphatic heterocycles. The number of nitrogens with zero attached hydrogens (tertiary/aromatic N) is 3. The maximum Gasteiger partial charge on any atom is 0.245 e. The lowest BCUT2D eigenvalue weighted by Gasteiger charge is -2.32. The van der Waals surface area contributed by atoms with E-state index in [4.69, 9.17) is 11.5 Å². The van der Waals surface area contributed by atoms with Crippen molar-refractivity contribution in [1.29, 1.82) is 0 Å². The molecule has 1 fully saturated rings. The van der Waals surface area contributed by atoms with Gasteiger partial charge in [0.2, 0.25) is 65.0 Å². The second-order valence-electron chi connectivity index (χ2n) is 21.9. The van der Waals surface area contributed by atoms with E-state index >= 15 is 0 Å². The molecule has 1 aromatic heterocycles. The van der Waals surface area contributed by atoms with Crippen molar-refractivity contribution in [2.75, 3.05) is 39.8 Å². The van der Waals surface area contributed by atoms with Crippen LogP contribution in [0.3, 0.4) is 0 Å². The molecular formula is C56H91N15O13. The molecular weight excluding hydrogens is 1090 g/mol. The van der Waals surface area contributed by atoms with Crippen LogP contribution in [0, 0.1) is 17.8 Å². The third kappa shape index (κ3) is 21.1. The van der Waals surface area contributed by atoms with Crippen molar-refractivity contribution in [2.24, 2.45) is 34.2 Å². The molecule has 3 rings (SSSR count). The van der Waals surface area contributed by atoms with Gasteiger partial charge in [0.1, 0.15) is 48.3 Å². The maximum atomic E-state index is 14.8. The normalized spacial score (nSPS) is 17.0. The Kier molecular flexibility index (Phi) is 28.5. The summed E-state index contributed by atoms with van der Waals surface area (Å²) in [6.07, 6.45) is 0.125. The minimum Gasteiger partial charge on any atom is -0.391 e. The summed E-state index contributed by atoms with van der Waals surface area (Å²) >= 11 is 0. The lowest BCUT2D eigenvalue weighted by molar-refractivity contribution is -0.142. The maximum absolute atomic E-state index is 14.8. The fraction of sp³-hybridized carbons (Fsp3) is 0.643. The number of hydrogen-bond acceptors (Lipinski definition) is 14. The van der Waals surface area contributed by atoms with Crippen LogP contribution in [0.2, 0.25) is 0 Å².